The van der Waals surface area contributed by atoms with Crippen LogP contribution < -0.4 is 4.74 Å². The van der Waals surface area contributed by atoms with Crippen LogP contribution >= 0.6 is 0 Å². The molecule has 2 rings (SSSR count). The number of ether oxygens (including phenoxy) is 2. The van der Waals surface area contributed by atoms with Gasteiger partial charge < -0.3 is 14.6 Å². The first-order valence-corrected chi connectivity index (χ1v) is 7.11. The summed E-state index contributed by atoms with van der Waals surface area (Å²) in [5.74, 6) is -0.663. The Bertz CT molecular complexity index is 704. The van der Waals surface area contributed by atoms with Crippen molar-refractivity contribution in [1.29, 1.82) is 0 Å². The van der Waals surface area contributed by atoms with Gasteiger partial charge in [-0.25, -0.2) is 4.79 Å². The van der Waals surface area contributed by atoms with E-state index in [-0.39, 0.29) is 24.6 Å². The summed E-state index contributed by atoms with van der Waals surface area (Å²) in [7, 11) is 1.35. The summed E-state index contributed by atoms with van der Waals surface area (Å²) in [6.45, 7) is 2.02. The zero-order chi connectivity index (χ0) is 16.8. The maximum absolute atomic E-state index is 11.3. The van der Waals surface area contributed by atoms with E-state index in [0.29, 0.717) is 11.3 Å². The van der Waals surface area contributed by atoms with Crippen LogP contribution in [0.5, 0.6) is 5.75 Å². The maximum Gasteiger partial charge on any atom is 0.336 e. The lowest BCUT2D eigenvalue weighted by Gasteiger charge is -2.12. The highest BCUT2D eigenvalue weighted by Gasteiger charge is 2.12. The molecule has 0 heterocycles. The molecule has 0 aliphatic carbocycles. The largest absolute Gasteiger partial charge is 0.489 e. The van der Waals surface area contributed by atoms with Gasteiger partial charge in [0.05, 0.1) is 19.1 Å². The molecule has 0 amide bonds. The van der Waals surface area contributed by atoms with Crippen LogP contribution in [0, 0.1) is 6.92 Å². The normalized spacial score (nSPS) is 10.2. The maximum atomic E-state index is 11.3. The van der Waals surface area contributed by atoms with Gasteiger partial charge in [0, 0.05) is 5.56 Å². The van der Waals surface area contributed by atoms with E-state index < -0.39 is 5.97 Å². The molecule has 0 fully saturated rings. The highest BCUT2D eigenvalue weighted by atomic mass is 16.5. The lowest BCUT2D eigenvalue weighted by Crippen LogP contribution is -2.07. The van der Waals surface area contributed by atoms with Gasteiger partial charge in [-0.05, 0) is 36.2 Å². The van der Waals surface area contributed by atoms with Gasteiger partial charge in [-0.15, -0.1) is 0 Å². The van der Waals surface area contributed by atoms with Crippen molar-refractivity contribution >= 4 is 11.9 Å². The van der Waals surface area contributed by atoms with E-state index in [9.17, 15) is 14.7 Å². The fourth-order valence-corrected chi connectivity index (χ4v) is 2.19. The number of hydrogen-bond donors (Lipinski definition) is 1. The Morgan fingerprint density at radius 2 is 1.78 bits per heavy atom. The number of esters is 1. The molecular formula is C18H18O5. The number of aromatic carboxylic acids is 1. The Morgan fingerprint density at radius 1 is 1.09 bits per heavy atom. The van der Waals surface area contributed by atoms with Gasteiger partial charge in [-0.2, -0.15) is 0 Å². The third-order valence-electron chi connectivity index (χ3n) is 3.52. The Balaban J connectivity index is 2.07. The van der Waals surface area contributed by atoms with Crippen molar-refractivity contribution in [2.45, 2.75) is 20.0 Å². The van der Waals surface area contributed by atoms with Gasteiger partial charge in [0.1, 0.15) is 12.4 Å². The molecule has 120 valence electrons. The van der Waals surface area contributed by atoms with E-state index in [2.05, 4.69) is 4.74 Å². The number of methoxy groups -OCH3 is 1. The SMILES string of the molecule is COC(=O)Cc1ccc(OCc2c(C)cccc2C(=O)O)cc1. The lowest BCUT2D eigenvalue weighted by molar-refractivity contribution is -0.139. The number of carboxylic acid groups (broad SMARTS) is 1. The molecule has 0 saturated heterocycles. The number of carbonyl (C=O) groups is 2. The Labute approximate surface area is 134 Å². The summed E-state index contributed by atoms with van der Waals surface area (Å²) in [6, 6.07) is 12.2. The van der Waals surface area contributed by atoms with E-state index in [1.807, 2.05) is 13.0 Å². The van der Waals surface area contributed by atoms with Crippen molar-refractivity contribution in [1.82, 2.24) is 0 Å². The summed E-state index contributed by atoms with van der Waals surface area (Å²) >= 11 is 0. The van der Waals surface area contributed by atoms with Crippen LogP contribution in [0.4, 0.5) is 0 Å². The van der Waals surface area contributed by atoms with Crippen LogP contribution in [-0.4, -0.2) is 24.2 Å². The van der Waals surface area contributed by atoms with Crippen molar-refractivity contribution in [3.63, 3.8) is 0 Å². The summed E-state index contributed by atoms with van der Waals surface area (Å²) in [5.41, 5.74) is 2.59. The Kier molecular flexibility index (Phi) is 5.36. The number of hydrogen-bond acceptors (Lipinski definition) is 4. The highest BCUT2D eigenvalue weighted by molar-refractivity contribution is 5.89. The molecule has 5 nitrogen and oxygen atoms in total. The molecule has 2 aromatic rings. The average Bonchev–Trinajstić information content (AvgIpc) is 2.54. The minimum Gasteiger partial charge on any atom is -0.489 e. The monoisotopic (exact) mass is 314 g/mol. The van der Waals surface area contributed by atoms with Gasteiger partial charge in [0.2, 0.25) is 0 Å². The van der Waals surface area contributed by atoms with Crippen LogP contribution in [-0.2, 0) is 22.6 Å². The molecule has 0 aliphatic heterocycles. The fraction of sp³-hybridized carbons (Fsp3) is 0.222. The van der Waals surface area contributed by atoms with E-state index in [1.165, 1.54) is 7.11 Å². The zero-order valence-electron chi connectivity index (χ0n) is 13.0. The van der Waals surface area contributed by atoms with Crippen molar-refractivity contribution in [3.05, 3.63) is 64.7 Å². The topological polar surface area (TPSA) is 72.8 Å². The molecule has 23 heavy (non-hydrogen) atoms. The van der Waals surface area contributed by atoms with Gasteiger partial charge in [-0.1, -0.05) is 24.3 Å². The summed E-state index contributed by atoms with van der Waals surface area (Å²) < 4.78 is 10.3. The van der Waals surface area contributed by atoms with Crippen molar-refractivity contribution < 1.29 is 24.2 Å². The quantitative estimate of drug-likeness (QED) is 0.830. The van der Waals surface area contributed by atoms with E-state index >= 15 is 0 Å². The first kappa shape index (κ1) is 16.5. The highest BCUT2D eigenvalue weighted by Crippen LogP contribution is 2.19. The molecule has 0 aromatic heterocycles. The van der Waals surface area contributed by atoms with Crippen molar-refractivity contribution in [3.8, 4) is 5.75 Å². The molecule has 1 N–H and O–H groups in total. The van der Waals surface area contributed by atoms with Crippen LogP contribution in [0.25, 0.3) is 0 Å². The molecule has 5 heteroatoms. The van der Waals surface area contributed by atoms with Gasteiger partial charge in [0.15, 0.2) is 0 Å². The standard InChI is InChI=1S/C18H18O5/c1-12-4-3-5-15(18(20)21)16(12)11-23-14-8-6-13(7-9-14)10-17(19)22-2/h3-9H,10-11H2,1-2H3,(H,20,21). The number of rotatable bonds is 6. The van der Waals surface area contributed by atoms with Crippen LogP contribution in [0.15, 0.2) is 42.5 Å². The number of carbonyl (C=O) groups excluding carboxylic acids is 1. The third kappa shape index (κ3) is 4.32. The minimum atomic E-state index is -0.972. The lowest BCUT2D eigenvalue weighted by atomic mass is 10.0. The Hall–Kier alpha value is -2.82. The summed E-state index contributed by atoms with van der Waals surface area (Å²) in [4.78, 5) is 22.5. The fourth-order valence-electron chi connectivity index (χ4n) is 2.19. The first-order valence-electron chi connectivity index (χ1n) is 7.11. The second-order valence-corrected chi connectivity index (χ2v) is 5.09. The van der Waals surface area contributed by atoms with E-state index in [1.54, 1.807) is 36.4 Å². The van der Waals surface area contributed by atoms with Gasteiger partial charge in [0.25, 0.3) is 0 Å². The second-order valence-electron chi connectivity index (χ2n) is 5.09. The minimum absolute atomic E-state index is 0.171. The number of benzene rings is 2. The molecule has 0 spiro atoms. The van der Waals surface area contributed by atoms with Crippen molar-refractivity contribution in [2.75, 3.05) is 7.11 Å². The molecule has 0 unspecified atom stereocenters. The predicted molar refractivity (Wildman–Crippen MR) is 84.6 cm³/mol. The van der Waals surface area contributed by atoms with Crippen molar-refractivity contribution in [2.24, 2.45) is 0 Å². The zero-order valence-corrected chi connectivity index (χ0v) is 13.0. The second kappa shape index (κ2) is 7.45. The molecule has 2 aromatic carbocycles. The summed E-state index contributed by atoms with van der Waals surface area (Å²) in [5, 5.41) is 9.23. The molecule has 0 saturated carbocycles. The predicted octanol–water partition coefficient (Wildman–Crippen LogP) is 2.99. The van der Waals surface area contributed by atoms with Gasteiger partial charge in [-0.3, -0.25) is 4.79 Å². The molecular weight excluding hydrogens is 296 g/mol. The molecule has 0 aliphatic rings. The molecule has 0 radical (unpaired) electrons. The van der Waals surface area contributed by atoms with E-state index in [0.717, 1.165) is 11.1 Å². The summed E-state index contributed by atoms with van der Waals surface area (Å²) in [6.07, 6.45) is 0.206. The average molecular weight is 314 g/mol. The first-order chi connectivity index (χ1) is 11.0. The smallest absolute Gasteiger partial charge is 0.336 e. The third-order valence-corrected chi connectivity index (χ3v) is 3.52. The van der Waals surface area contributed by atoms with Crippen LogP contribution in [0.2, 0.25) is 0 Å². The number of aryl methyl sites for hydroxylation is 1. The number of carboxylic acids is 1. The van der Waals surface area contributed by atoms with Gasteiger partial charge >= 0.3 is 11.9 Å². The van der Waals surface area contributed by atoms with Crippen LogP contribution in [0.1, 0.15) is 27.0 Å². The van der Waals surface area contributed by atoms with Crippen LogP contribution in [0.3, 0.4) is 0 Å². The molecule has 0 atom stereocenters. The Morgan fingerprint density at radius 3 is 2.39 bits per heavy atom. The molecule has 0 bridgehead atoms. The van der Waals surface area contributed by atoms with E-state index in [4.69, 9.17) is 4.74 Å².